The molecule has 1 aromatic carbocycles. The van der Waals surface area contributed by atoms with E-state index in [1.807, 2.05) is 0 Å². The Balaban J connectivity index is 2.07. The smallest absolute Gasteiger partial charge is 0.0274 e. The van der Waals surface area contributed by atoms with E-state index in [9.17, 15) is 0 Å². The molecule has 21 heavy (non-hydrogen) atoms. The van der Waals surface area contributed by atoms with Crippen molar-refractivity contribution in [3.8, 4) is 0 Å². The third-order valence-corrected chi connectivity index (χ3v) is 6.28. The van der Waals surface area contributed by atoms with Crippen LogP contribution in [0.5, 0.6) is 0 Å². The van der Waals surface area contributed by atoms with E-state index in [1.54, 1.807) is 0 Å². The van der Waals surface area contributed by atoms with Gasteiger partial charge < -0.3 is 5.32 Å². The van der Waals surface area contributed by atoms with E-state index in [0.717, 1.165) is 18.4 Å². The first-order valence-electron chi connectivity index (χ1n) is 8.51. The molecule has 0 heterocycles. The quantitative estimate of drug-likeness (QED) is 0.790. The monoisotopic (exact) mass is 305 g/mol. The summed E-state index contributed by atoms with van der Waals surface area (Å²) >= 11 is 2.08. The molecule has 4 atom stereocenters. The van der Waals surface area contributed by atoms with Gasteiger partial charge in [0.15, 0.2) is 0 Å². The van der Waals surface area contributed by atoms with E-state index < -0.39 is 0 Å². The Bertz CT molecular complexity index is 426. The molecule has 0 bridgehead atoms. The molecule has 4 unspecified atom stereocenters. The van der Waals surface area contributed by atoms with E-state index in [1.165, 1.54) is 23.3 Å². The highest BCUT2D eigenvalue weighted by Gasteiger charge is 2.34. The second-order valence-corrected chi connectivity index (χ2v) is 8.28. The van der Waals surface area contributed by atoms with Crippen LogP contribution in [0.15, 0.2) is 29.2 Å². The van der Waals surface area contributed by atoms with Crippen molar-refractivity contribution in [2.45, 2.75) is 69.6 Å². The van der Waals surface area contributed by atoms with Gasteiger partial charge in [0.25, 0.3) is 0 Å². The van der Waals surface area contributed by atoms with Crippen molar-refractivity contribution in [3.05, 3.63) is 29.8 Å². The summed E-state index contributed by atoms with van der Waals surface area (Å²) in [6.45, 7) is 12.7. The van der Waals surface area contributed by atoms with E-state index in [-0.39, 0.29) is 0 Å². The summed E-state index contributed by atoms with van der Waals surface area (Å²) in [5, 5.41) is 4.42. The Morgan fingerprint density at radius 2 is 1.81 bits per heavy atom. The van der Waals surface area contributed by atoms with Crippen molar-refractivity contribution >= 4 is 11.8 Å². The number of hydrogen-bond acceptors (Lipinski definition) is 2. The molecule has 1 fully saturated rings. The third-order valence-electron chi connectivity index (χ3n) is 4.67. The molecular formula is C19H31NS. The normalized spacial score (nSPS) is 29.8. The van der Waals surface area contributed by atoms with Crippen LogP contribution in [0.2, 0.25) is 0 Å². The standard InChI is InChI=1S/C19H31NS/c1-6-20-18-12-14(4)11-15(5)19(18)21-17-9-7-16(8-10-17)13(2)3/h7-10,13-15,18-20H,6,11-12H2,1-5H3. The first-order valence-corrected chi connectivity index (χ1v) is 9.39. The molecular weight excluding hydrogens is 274 g/mol. The Morgan fingerprint density at radius 3 is 2.38 bits per heavy atom. The molecule has 1 saturated carbocycles. The van der Waals surface area contributed by atoms with E-state index in [0.29, 0.717) is 17.2 Å². The number of benzene rings is 1. The lowest BCUT2D eigenvalue weighted by atomic mass is 9.80. The van der Waals surface area contributed by atoms with Gasteiger partial charge in [-0.25, -0.2) is 0 Å². The van der Waals surface area contributed by atoms with Crippen molar-refractivity contribution in [2.24, 2.45) is 11.8 Å². The van der Waals surface area contributed by atoms with Gasteiger partial charge in [0, 0.05) is 16.2 Å². The largest absolute Gasteiger partial charge is 0.313 e. The third kappa shape index (κ3) is 4.50. The lowest BCUT2D eigenvalue weighted by molar-refractivity contribution is 0.251. The van der Waals surface area contributed by atoms with Crippen LogP contribution in [0.25, 0.3) is 0 Å². The van der Waals surface area contributed by atoms with Crippen LogP contribution in [-0.4, -0.2) is 17.8 Å². The molecule has 2 heteroatoms. The van der Waals surface area contributed by atoms with Gasteiger partial charge >= 0.3 is 0 Å². The topological polar surface area (TPSA) is 12.0 Å². The summed E-state index contributed by atoms with van der Waals surface area (Å²) in [6.07, 6.45) is 2.68. The predicted octanol–water partition coefficient (Wildman–Crippen LogP) is 5.31. The Morgan fingerprint density at radius 1 is 1.14 bits per heavy atom. The number of thioether (sulfide) groups is 1. The fourth-order valence-electron chi connectivity index (χ4n) is 3.58. The van der Waals surface area contributed by atoms with Crippen LogP contribution in [0, 0.1) is 11.8 Å². The van der Waals surface area contributed by atoms with Crippen LogP contribution in [-0.2, 0) is 0 Å². The Hall–Kier alpha value is -0.470. The van der Waals surface area contributed by atoms with Crippen molar-refractivity contribution in [2.75, 3.05) is 6.54 Å². The van der Waals surface area contributed by atoms with Crippen LogP contribution >= 0.6 is 11.8 Å². The molecule has 0 saturated heterocycles. The molecule has 0 radical (unpaired) electrons. The van der Waals surface area contributed by atoms with Crippen LogP contribution in [0.1, 0.15) is 58.9 Å². The molecule has 0 aliphatic heterocycles. The van der Waals surface area contributed by atoms with Crippen LogP contribution in [0.3, 0.4) is 0 Å². The molecule has 0 spiro atoms. The van der Waals surface area contributed by atoms with Gasteiger partial charge in [-0.1, -0.05) is 46.8 Å². The van der Waals surface area contributed by atoms with Gasteiger partial charge in [0.05, 0.1) is 0 Å². The molecule has 1 nitrogen and oxygen atoms in total. The van der Waals surface area contributed by atoms with Crippen molar-refractivity contribution < 1.29 is 0 Å². The van der Waals surface area contributed by atoms with Gasteiger partial charge in [0.1, 0.15) is 0 Å². The fraction of sp³-hybridized carbons (Fsp3) is 0.684. The highest BCUT2D eigenvalue weighted by Crippen LogP contribution is 2.39. The van der Waals surface area contributed by atoms with E-state index >= 15 is 0 Å². The maximum Gasteiger partial charge on any atom is 0.0274 e. The Labute approximate surface area is 135 Å². The van der Waals surface area contributed by atoms with Crippen molar-refractivity contribution in [3.63, 3.8) is 0 Å². The van der Waals surface area contributed by atoms with E-state index in [2.05, 4.69) is 76.0 Å². The second kappa shape index (κ2) is 7.69. The van der Waals surface area contributed by atoms with Gasteiger partial charge in [-0.3, -0.25) is 0 Å². The fourth-order valence-corrected chi connectivity index (χ4v) is 4.90. The molecule has 2 rings (SSSR count). The first kappa shape index (κ1) is 16.9. The van der Waals surface area contributed by atoms with E-state index in [4.69, 9.17) is 0 Å². The number of rotatable bonds is 5. The summed E-state index contributed by atoms with van der Waals surface area (Å²) in [6, 6.07) is 9.88. The van der Waals surface area contributed by atoms with Crippen molar-refractivity contribution in [1.82, 2.24) is 5.32 Å². The zero-order valence-corrected chi connectivity index (χ0v) is 15.0. The molecule has 1 aliphatic rings. The molecule has 0 aromatic heterocycles. The summed E-state index contributed by atoms with van der Waals surface area (Å²) < 4.78 is 0. The summed E-state index contributed by atoms with van der Waals surface area (Å²) in [5.41, 5.74) is 1.44. The second-order valence-electron chi connectivity index (χ2n) is 7.02. The van der Waals surface area contributed by atoms with Crippen molar-refractivity contribution in [1.29, 1.82) is 0 Å². The maximum atomic E-state index is 3.72. The predicted molar refractivity (Wildman–Crippen MR) is 95.2 cm³/mol. The lowest BCUT2D eigenvalue weighted by Gasteiger charge is -2.39. The molecule has 1 N–H and O–H groups in total. The highest BCUT2D eigenvalue weighted by atomic mass is 32.2. The van der Waals surface area contributed by atoms with Gasteiger partial charge in [-0.05, 0) is 54.8 Å². The minimum Gasteiger partial charge on any atom is -0.313 e. The molecule has 1 aromatic rings. The average molecular weight is 306 g/mol. The SMILES string of the molecule is CCNC1CC(C)CC(C)C1Sc1ccc(C(C)C)cc1. The lowest BCUT2D eigenvalue weighted by Crippen LogP contribution is -2.46. The summed E-state index contributed by atoms with van der Waals surface area (Å²) in [4.78, 5) is 1.42. The Kier molecular flexibility index (Phi) is 6.19. The minimum absolute atomic E-state index is 0.619. The summed E-state index contributed by atoms with van der Waals surface area (Å²) in [5.74, 6) is 2.25. The molecule has 118 valence electrons. The zero-order valence-electron chi connectivity index (χ0n) is 14.2. The highest BCUT2D eigenvalue weighted by molar-refractivity contribution is 8.00. The van der Waals surface area contributed by atoms with Gasteiger partial charge in [0.2, 0.25) is 0 Å². The average Bonchev–Trinajstić information content (AvgIpc) is 2.43. The zero-order chi connectivity index (χ0) is 15.4. The maximum absolute atomic E-state index is 3.72. The van der Waals surface area contributed by atoms with Gasteiger partial charge in [-0.15, -0.1) is 11.8 Å². The number of nitrogens with one attached hydrogen (secondary N) is 1. The number of hydrogen-bond donors (Lipinski definition) is 1. The minimum atomic E-state index is 0.619. The van der Waals surface area contributed by atoms with Gasteiger partial charge in [-0.2, -0.15) is 0 Å². The molecule has 1 aliphatic carbocycles. The summed E-state index contributed by atoms with van der Waals surface area (Å²) in [7, 11) is 0. The van der Waals surface area contributed by atoms with Crippen LogP contribution in [0.4, 0.5) is 0 Å². The molecule has 0 amide bonds. The first-order chi connectivity index (χ1) is 10.0. The van der Waals surface area contributed by atoms with Crippen LogP contribution < -0.4 is 5.32 Å².